The van der Waals surface area contributed by atoms with Gasteiger partial charge in [0.05, 0.1) is 17.7 Å². The zero-order chi connectivity index (χ0) is 17.0. The van der Waals surface area contributed by atoms with E-state index in [4.69, 9.17) is 10.00 Å². The number of para-hydroxylation sites is 2. The Morgan fingerprint density at radius 3 is 2.87 bits per heavy atom. The first kappa shape index (κ1) is 16.8. The van der Waals surface area contributed by atoms with E-state index in [9.17, 15) is 9.59 Å². The van der Waals surface area contributed by atoms with Crippen molar-refractivity contribution in [3.8, 4) is 11.8 Å². The van der Waals surface area contributed by atoms with Gasteiger partial charge in [0.15, 0.2) is 6.10 Å². The van der Waals surface area contributed by atoms with Gasteiger partial charge in [-0.2, -0.15) is 5.26 Å². The molecule has 2 amide bonds. The van der Waals surface area contributed by atoms with Gasteiger partial charge < -0.3 is 14.5 Å². The molecule has 0 N–H and O–H groups in total. The van der Waals surface area contributed by atoms with E-state index in [1.54, 1.807) is 25.8 Å². The lowest BCUT2D eigenvalue weighted by atomic mass is 10.1. The molecule has 1 heterocycles. The van der Waals surface area contributed by atoms with Crippen LogP contribution in [0, 0.1) is 17.2 Å². The Labute approximate surface area is 136 Å². The number of benzene rings is 1. The van der Waals surface area contributed by atoms with Crippen LogP contribution in [0.3, 0.4) is 0 Å². The summed E-state index contributed by atoms with van der Waals surface area (Å²) in [7, 11) is 1.67. The van der Waals surface area contributed by atoms with Crippen LogP contribution in [-0.4, -0.2) is 43.0 Å². The van der Waals surface area contributed by atoms with Crippen LogP contribution in [0.25, 0.3) is 0 Å². The number of carbonyl (C=O) groups excluding carboxylic acids is 2. The number of amides is 2. The molecule has 0 fully saturated rings. The fourth-order valence-corrected chi connectivity index (χ4v) is 2.54. The molecular formula is C17H21N3O3. The molecule has 1 aromatic rings. The molecule has 23 heavy (non-hydrogen) atoms. The maximum atomic E-state index is 12.3. The van der Waals surface area contributed by atoms with E-state index in [0.717, 1.165) is 0 Å². The van der Waals surface area contributed by atoms with E-state index < -0.39 is 6.10 Å². The summed E-state index contributed by atoms with van der Waals surface area (Å²) in [4.78, 5) is 27.6. The molecule has 0 unspecified atom stereocenters. The minimum Gasteiger partial charge on any atom is -0.479 e. The van der Waals surface area contributed by atoms with Crippen LogP contribution in [0.15, 0.2) is 24.3 Å². The molecule has 0 bridgehead atoms. The van der Waals surface area contributed by atoms with Gasteiger partial charge in [0, 0.05) is 26.6 Å². The van der Waals surface area contributed by atoms with Gasteiger partial charge in [-0.25, -0.2) is 0 Å². The second-order valence-electron chi connectivity index (χ2n) is 5.77. The zero-order valence-corrected chi connectivity index (χ0v) is 13.7. The number of nitrogens with zero attached hydrogens (tertiary/aromatic N) is 3. The first-order valence-electron chi connectivity index (χ1n) is 7.64. The molecule has 0 radical (unpaired) electrons. The topological polar surface area (TPSA) is 73.6 Å². The maximum absolute atomic E-state index is 12.3. The standard InChI is InChI=1S/C17H21N3O3/c1-12(10-18)11-19(3)16(21)8-9-20-14-6-4-5-7-15(14)23-13(2)17(20)22/h4-7,12-13H,8-9,11H2,1-3H3/t12-,13+/m0/s1. The first-order valence-corrected chi connectivity index (χ1v) is 7.64. The van der Waals surface area contributed by atoms with E-state index in [1.807, 2.05) is 24.3 Å². The number of fused-ring (bicyclic) bond motifs is 1. The normalized spacial score (nSPS) is 17.7. The number of nitriles is 1. The van der Waals surface area contributed by atoms with E-state index >= 15 is 0 Å². The summed E-state index contributed by atoms with van der Waals surface area (Å²) in [5.41, 5.74) is 0.691. The summed E-state index contributed by atoms with van der Waals surface area (Å²) in [6.07, 6.45) is -0.349. The smallest absolute Gasteiger partial charge is 0.267 e. The summed E-state index contributed by atoms with van der Waals surface area (Å²) in [5, 5.41) is 8.82. The number of hydrogen-bond donors (Lipinski definition) is 0. The Morgan fingerprint density at radius 2 is 2.17 bits per heavy atom. The predicted octanol–water partition coefficient (Wildman–Crippen LogP) is 1.81. The summed E-state index contributed by atoms with van der Waals surface area (Å²) in [5.74, 6) is 0.203. The summed E-state index contributed by atoms with van der Waals surface area (Å²) in [6, 6.07) is 9.41. The Kier molecular flexibility index (Phi) is 5.22. The average molecular weight is 315 g/mol. The second kappa shape index (κ2) is 7.14. The zero-order valence-electron chi connectivity index (χ0n) is 13.7. The van der Waals surface area contributed by atoms with Crippen molar-refractivity contribution in [2.75, 3.05) is 25.0 Å². The highest BCUT2D eigenvalue weighted by Crippen LogP contribution is 2.33. The molecule has 0 saturated carbocycles. The third kappa shape index (κ3) is 3.81. The van der Waals surface area contributed by atoms with E-state index in [-0.39, 0.29) is 24.2 Å². The highest BCUT2D eigenvalue weighted by Gasteiger charge is 2.31. The van der Waals surface area contributed by atoms with Gasteiger partial charge >= 0.3 is 0 Å². The number of carbonyl (C=O) groups is 2. The van der Waals surface area contributed by atoms with Crippen molar-refractivity contribution in [2.24, 2.45) is 5.92 Å². The van der Waals surface area contributed by atoms with Gasteiger partial charge in [-0.05, 0) is 26.0 Å². The highest BCUT2D eigenvalue weighted by atomic mass is 16.5. The molecule has 1 aromatic carbocycles. The van der Waals surface area contributed by atoms with Crippen LogP contribution in [0.2, 0.25) is 0 Å². The first-order chi connectivity index (χ1) is 10.9. The van der Waals surface area contributed by atoms with Crippen LogP contribution in [0.1, 0.15) is 20.3 Å². The molecule has 122 valence electrons. The minimum absolute atomic E-state index is 0.0865. The van der Waals surface area contributed by atoms with Crippen molar-refractivity contribution >= 4 is 17.5 Å². The van der Waals surface area contributed by atoms with E-state index in [0.29, 0.717) is 24.5 Å². The van der Waals surface area contributed by atoms with Crippen molar-refractivity contribution < 1.29 is 14.3 Å². The van der Waals surface area contributed by atoms with Gasteiger partial charge in [0.1, 0.15) is 5.75 Å². The Morgan fingerprint density at radius 1 is 1.48 bits per heavy atom. The van der Waals surface area contributed by atoms with Gasteiger partial charge in [0.25, 0.3) is 5.91 Å². The highest BCUT2D eigenvalue weighted by molar-refractivity contribution is 6.00. The molecule has 2 rings (SSSR count). The molecule has 0 saturated heterocycles. The van der Waals surface area contributed by atoms with Gasteiger partial charge in [-0.3, -0.25) is 9.59 Å². The van der Waals surface area contributed by atoms with Crippen LogP contribution in [0.5, 0.6) is 5.75 Å². The molecule has 6 heteroatoms. The molecule has 0 aromatic heterocycles. The summed E-state index contributed by atoms with van der Waals surface area (Å²) >= 11 is 0. The van der Waals surface area contributed by atoms with Crippen LogP contribution in [-0.2, 0) is 9.59 Å². The lowest BCUT2D eigenvalue weighted by Gasteiger charge is -2.33. The van der Waals surface area contributed by atoms with Crippen molar-refractivity contribution in [1.29, 1.82) is 5.26 Å². The third-order valence-corrected chi connectivity index (χ3v) is 3.82. The largest absolute Gasteiger partial charge is 0.479 e. The minimum atomic E-state index is -0.559. The van der Waals surface area contributed by atoms with E-state index in [2.05, 4.69) is 6.07 Å². The Hall–Kier alpha value is -2.55. The molecule has 2 atom stereocenters. The van der Waals surface area contributed by atoms with Gasteiger partial charge in [-0.15, -0.1) is 0 Å². The summed E-state index contributed by atoms with van der Waals surface area (Å²) < 4.78 is 5.57. The Bertz CT molecular complexity index is 638. The average Bonchev–Trinajstić information content (AvgIpc) is 2.54. The molecule has 0 spiro atoms. The monoisotopic (exact) mass is 315 g/mol. The number of rotatable bonds is 5. The van der Waals surface area contributed by atoms with Gasteiger partial charge in [-0.1, -0.05) is 12.1 Å². The van der Waals surface area contributed by atoms with Gasteiger partial charge in [0.2, 0.25) is 5.91 Å². The fraction of sp³-hybridized carbons (Fsp3) is 0.471. The molecule has 1 aliphatic rings. The van der Waals surface area contributed by atoms with E-state index in [1.165, 1.54) is 4.90 Å². The lowest BCUT2D eigenvalue weighted by Crippen LogP contribution is -2.46. The number of hydrogen-bond acceptors (Lipinski definition) is 4. The lowest BCUT2D eigenvalue weighted by molar-refractivity contribution is -0.130. The van der Waals surface area contributed by atoms with Crippen LogP contribution in [0.4, 0.5) is 5.69 Å². The van der Waals surface area contributed by atoms with Crippen LogP contribution < -0.4 is 9.64 Å². The second-order valence-corrected chi connectivity index (χ2v) is 5.77. The molecular weight excluding hydrogens is 294 g/mol. The SMILES string of the molecule is C[C@@H](C#N)CN(C)C(=O)CCN1C(=O)[C@@H](C)Oc2ccccc21. The number of ether oxygens (including phenoxy) is 1. The Balaban J connectivity index is 2.04. The van der Waals surface area contributed by atoms with Crippen molar-refractivity contribution in [2.45, 2.75) is 26.4 Å². The molecule has 6 nitrogen and oxygen atoms in total. The molecule has 0 aliphatic carbocycles. The predicted molar refractivity (Wildman–Crippen MR) is 85.9 cm³/mol. The quantitative estimate of drug-likeness (QED) is 0.830. The number of anilines is 1. The van der Waals surface area contributed by atoms with Crippen molar-refractivity contribution in [1.82, 2.24) is 4.90 Å². The van der Waals surface area contributed by atoms with Crippen LogP contribution >= 0.6 is 0 Å². The third-order valence-electron chi connectivity index (χ3n) is 3.82. The maximum Gasteiger partial charge on any atom is 0.267 e. The summed E-state index contributed by atoms with van der Waals surface area (Å²) in [6.45, 7) is 4.16. The van der Waals surface area contributed by atoms with Crippen molar-refractivity contribution in [3.63, 3.8) is 0 Å². The molecule has 1 aliphatic heterocycles. The fourth-order valence-electron chi connectivity index (χ4n) is 2.54. The van der Waals surface area contributed by atoms with Crippen molar-refractivity contribution in [3.05, 3.63) is 24.3 Å².